The molecule has 5 heteroatoms. The van der Waals surface area contributed by atoms with Gasteiger partial charge in [-0.05, 0) is 75.5 Å². The van der Waals surface area contributed by atoms with Gasteiger partial charge in [-0.1, -0.05) is 74.8 Å². The number of fused-ring (bicyclic) bond motifs is 4. The van der Waals surface area contributed by atoms with Crippen LogP contribution in [-0.2, 0) is 11.8 Å². The molecule has 0 radical (unpaired) electrons. The third-order valence-electron chi connectivity index (χ3n) is 6.62. The average molecular weight is 466 g/mol. The van der Waals surface area contributed by atoms with Crippen molar-refractivity contribution in [1.29, 1.82) is 0 Å². The van der Waals surface area contributed by atoms with Crippen LogP contribution >= 0.6 is 11.6 Å². The minimum Gasteiger partial charge on any atom is -0.505 e. The number of nitrogens with zero attached hydrogens (tertiary/aromatic N) is 3. The van der Waals surface area contributed by atoms with E-state index in [1.54, 1.807) is 12.1 Å². The number of rotatable bonds is 2. The van der Waals surface area contributed by atoms with Crippen molar-refractivity contribution < 1.29 is 5.11 Å². The molecule has 0 saturated carbocycles. The molecule has 5 aromatic rings. The van der Waals surface area contributed by atoms with Gasteiger partial charge in [0.25, 0.3) is 0 Å². The highest BCUT2D eigenvalue weighted by Crippen LogP contribution is 2.44. The van der Waals surface area contributed by atoms with Gasteiger partial charge in [0.2, 0.25) is 0 Å². The molecule has 1 aliphatic carbocycles. The number of hydrogen-bond donors (Lipinski definition) is 1. The quantitative estimate of drug-likeness (QED) is 0.291. The maximum absolute atomic E-state index is 11.3. The summed E-state index contributed by atoms with van der Waals surface area (Å²) in [5.74, 6) is 0.193. The lowest BCUT2D eigenvalue weighted by Gasteiger charge is -2.23. The molecular formula is C29H24ClN3O. The van der Waals surface area contributed by atoms with Gasteiger partial charge in [0.15, 0.2) is 0 Å². The van der Waals surface area contributed by atoms with Crippen LogP contribution in [0.2, 0.25) is 5.02 Å². The molecule has 168 valence electrons. The average Bonchev–Trinajstić information content (AvgIpc) is 3.39. The number of hydrogen-bond acceptors (Lipinski definition) is 3. The topological polar surface area (TPSA) is 50.9 Å². The van der Waals surface area contributed by atoms with E-state index in [9.17, 15) is 5.11 Å². The molecule has 0 atom stereocenters. The Morgan fingerprint density at radius 1 is 0.824 bits per heavy atom. The third kappa shape index (κ3) is 3.29. The molecule has 0 saturated heterocycles. The maximum atomic E-state index is 11.3. The fraction of sp³-hybridized carbons (Fsp3) is 0.172. The molecule has 0 fully saturated rings. The van der Waals surface area contributed by atoms with Crippen molar-refractivity contribution >= 4 is 22.6 Å². The third-order valence-corrected chi connectivity index (χ3v) is 6.85. The van der Waals surface area contributed by atoms with E-state index >= 15 is 0 Å². The molecule has 0 bridgehead atoms. The molecular weight excluding hydrogens is 442 g/mol. The lowest BCUT2D eigenvalue weighted by Crippen LogP contribution is -2.13. The zero-order valence-corrected chi connectivity index (χ0v) is 20.1. The van der Waals surface area contributed by atoms with Crippen molar-refractivity contribution in [2.45, 2.75) is 32.6 Å². The standard InChI is InChI=1S/C29H24ClN3O/c1-29(2,3)24-14-18(21-9-6-10-22-20-8-5-4-7-17(20)13-23(21)22)15-27(28(24)34)33-31-25-12-11-19(30)16-26(25)32-33/h4-12,14-16,34H,13H2,1-3H3. The van der Waals surface area contributed by atoms with Gasteiger partial charge in [0, 0.05) is 10.6 Å². The molecule has 0 aliphatic heterocycles. The molecule has 1 heterocycles. The highest BCUT2D eigenvalue weighted by atomic mass is 35.5. The molecule has 0 amide bonds. The molecule has 0 unspecified atom stereocenters. The minimum absolute atomic E-state index is 0.193. The summed E-state index contributed by atoms with van der Waals surface area (Å²) in [7, 11) is 0. The normalized spacial score (nSPS) is 12.7. The highest BCUT2D eigenvalue weighted by Gasteiger charge is 2.26. The second-order valence-corrected chi connectivity index (χ2v) is 10.4. The monoisotopic (exact) mass is 465 g/mol. The Kier molecular flexibility index (Phi) is 4.58. The Morgan fingerprint density at radius 3 is 2.38 bits per heavy atom. The van der Waals surface area contributed by atoms with E-state index in [2.05, 4.69) is 79.5 Å². The zero-order chi connectivity index (χ0) is 23.6. The Labute approximate surface area is 203 Å². The first-order chi connectivity index (χ1) is 16.3. The van der Waals surface area contributed by atoms with E-state index in [4.69, 9.17) is 11.6 Å². The summed E-state index contributed by atoms with van der Waals surface area (Å²) in [5, 5.41) is 21.2. The second kappa shape index (κ2) is 7.44. The summed E-state index contributed by atoms with van der Waals surface area (Å²) in [6.45, 7) is 6.31. The molecule has 4 aromatic carbocycles. The van der Waals surface area contributed by atoms with Gasteiger partial charge >= 0.3 is 0 Å². The summed E-state index contributed by atoms with van der Waals surface area (Å²) >= 11 is 6.16. The lowest BCUT2D eigenvalue weighted by atomic mass is 9.83. The van der Waals surface area contributed by atoms with Crippen molar-refractivity contribution in [1.82, 2.24) is 15.0 Å². The van der Waals surface area contributed by atoms with Crippen LogP contribution in [0.3, 0.4) is 0 Å². The second-order valence-electron chi connectivity index (χ2n) is 9.93. The number of phenols is 1. The number of benzene rings is 4. The van der Waals surface area contributed by atoms with Crippen LogP contribution in [-0.4, -0.2) is 20.1 Å². The molecule has 6 rings (SSSR count). The molecule has 0 spiro atoms. The Balaban J connectivity index is 1.59. The number of aromatic hydroxyl groups is 1. The van der Waals surface area contributed by atoms with Crippen LogP contribution < -0.4 is 0 Å². The van der Waals surface area contributed by atoms with Crippen molar-refractivity contribution in [2.24, 2.45) is 0 Å². The maximum Gasteiger partial charge on any atom is 0.146 e. The molecule has 34 heavy (non-hydrogen) atoms. The number of halogens is 1. The summed E-state index contributed by atoms with van der Waals surface area (Å²) in [5.41, 5.74) is 9.99. The molecule has 1 aromatic heterocycles. The molecule has 4 nitrogen and oxygen atoms in total. The van der Waals surface area contributed by atoms with E-state index in [0.717, 1.165) is 23.1 Å². The number of aromatic nitrogens is 3. The summed E-state index contributed by atoms with van der Waals surface area (Å²) in [6.07, 6.45) is 0.894. The zero-order valence-electron chi connectivity index (χ0n) is 19.3. The summed E-state index contributed by atoms with van der Waals surface area (Å²) in [4.78, 5) is 1.52. The van der Waals surface area contributed by atoms with Crippen molar-refractivity contribution in [2.75, 3.05) is 0 Å². The first-order valence-electron chi connectivity index (χ1n) is 11.4. The van der Waals surface area contributed by atoms with Gasteiger partial charge in [-0.25, -0.2) is 0 Å². The van der Waals surface area contributed by atoms with Gasteiger partial charge in [-0.3, -0.25) is 0 Å². The molecule has 1 aliphatic rings. The van der Waals surface area contributed by atoms with Crippen molar-refractivity contribution in [3.63, 3.8) is 0 Å². The van der Waals surface area contributed by atoms with E-state index < -0.39 is 0 Å². The van der Waals surface area contributed by atoms with Crippen LogP contribution in [0, 0.1) is 0 Å². The largest absolute Gasteiger partial charge is 0.505 e. The minimum atomic E-state index is -0.272. The van der Waals surface area contributed by atoms with Crippen molar-refractivity contribution in [3.8, 4) is 33.7 Å². The van der Waals surface area contributed by atoms with Gasteiger partial charge in [-0.2, -0.15) is 0 Å². The van der Waals surface area contributed by atoms with E-state index in [0.29, 0.717) is 16.2 Å². The lowest BCUT2D eigenvalue weighted by molar-refractivity contribution is 0.440. The van der Waals surface area contributed by atoms with Gasteiger partial charge in [0.1, 0.15) is 22.5 Å². The fourth-order valence-electron chi connectivity index (χ4n) is 4.92. The van der Waals surface area contributed by atoms with Crippen LogP contribution in [0.5, 0.6) is 5.75 Å². The first-order valence-corrected chi connectivity index (χ1v) is 11.8. The summed E-state index contributed by atoms with van der Waals surface area (Å²) < 4.78 is 0. The van der Waals surface area contributed by atoms with Gasteiger partial charge < -0.3 is 5.11 Å². The highest BCUT2D eigenvalue weighted by molar-refractivity contribution is 6.31. The van der Waals surface area contributed by atoms with Crippen LogP contribution in [0.1, 0.15) is 37.5 Å². The van der Waals surface area contributed by atoms with Crippen LogP contribution in [0.15, 0.2) is 72.8 Å². The van der Waals surface area contributed by atoms with E-state index in [1.807, 2.05) is 12.1 Å². The smallest absolute Gasteiger partial charge is 0.146 e. The Morgan fingerprint density at radius 2 is 1.56 bits per heavy atom. The fourth-order valence-corrected chi connectivity index (χ4v) is 5.09. The van der Waals surface area contributed by atoms with Gasteiger partial charge in [0.05, 0.1) is 0 Å². The number of phenolic OH excluding ortho intramolecular Hbond substituents is 1. The van der Waals surface area contributed by atoms with Crippen LogP contribution in [0.25, 0.3) is 39.0 Å². The van der Waals surface area contributed by atoms with E-state index in [-0.39, 0.29) is 11.2 Å². The Hall–Kier alpha value is -3.63. The van der Waals surface area contributed by atoms with Crippen LogP contribution in [0.4, 0.5) is 0 Å². The summed E-state index contributed by atoms with van der Waals surface area (Å²) in [6, 6.07) is 24.6. The van der Waals surface area contributed by atoms with Gasteiger partial charge in [-0.15, -0.1) is 15.0 Å². The predicted octanol–water partition coefficient (Wildman–Crippen LogP) is 7.32. The predicted molar refractivity (Wildman–Crippen MR) is 138 cm³/mol. The Bertz CT molecular complexity index is 1590. The SMILES string of the molecule is CC(C)(C)c1cc(-c2cccc3c2Cc2ccccc2-3)cc(-n2nc3ccc(Cl)cc3n2)c1O. The first kappa shape index (κ1) is 20.9. The molecule has 1 N–H and O–H groups in total. The van der Waals surface area contributed by atoms with E-state index in [1.165, 1.54) is 32.6 Å². The van der Waals surface area contributed by atoms with Crippen molar-refractivity contribution in [3.05, 3.63) is 94.5 Å².